The van der Waals surface area contributed by atoms with Gasteiger partial charge in [-0.3, -0.25) is 0 Å². The third-order valence-electron chi connectivity index (χ3n) is 5.89. The zero-order valence-electron chi connectivity index (χ0n) is 14.5. The molecule has 1 aromatic carbocycles. The predicted molar refractivity (Wildman–Crippen MR) is 90.8 cm³/mol. The largest absolute Gasteiger partial charge is 1.00 e. The van der Waals surface area contributed by atoms with Crippen LogP contribution in [-0.2, 0) is 10.0 Å². The van der Waals surface area contributed by atoms with Crippen LogP contribution in [0.5, 0.6) is 0 Å². The van der Waals surface area contributed by atoms with Gasteiger partial charge >= 0.3 is 18.9 Å². The fourth-order valence-electron chi connectivity index (χ4n) is 5.30. The van der Waals surface area contributed by atoms with Crippen molar-refractivity contribution in [1.82, 2.24) is 0 Å². The van der Waals surface area contributed by atoms with Crippen LogP contribution in [0.4, 0.5) is 0 Å². The van der Waals surface area contributed by atoms with Crippen molar-refractivity contribution in [1.29, 1.82) is 0 Å². The minimum Gasteiger partial charge on any atom is -0.491 e. The van der Waals surface area contributed by atoms with Crippen molar-refractivity contribution >= 4 is 16.2 Å². The van der Waals surface area contributed by atoms with Gasteiger partial charge in [-0.2, -0.15) is 0 Å². The van der Waals surface area contributed by atoms with Crippen LogP contribution in [0.15, 0.2) is 34.3 Å². The molecule has 4 aliphatic rings. The van der Waals surface area contributed by atoms with Crippen LogP contribution in [0.1, 0.15) is 44.1 Å². The molecule has 4 saturated carbocycles. The van der Waals surface area contributed by atoms with Crippen molar-refractivity contribution in [2.75, 3.05) is 0 Å². The van der Waals surface area contributed by atoms with Crippen LogP contribution < -0.4 is 18.9 Å². The summed E-state index contributed by atoms with van der Waals surface area (Å²) in [7, 11) is -3.68. The second-order valence-electron chi connectivity index (χ2n) is 7.89. The molecule has 0 atom stereocenters. The van der Waals surface area contributed by atoms with Gasteiger partial charge in [0.1, 0.15) is 10.0 Å². The predicted octanol–water partition coefficient (Wildman–Crippen LogP) is 1.26. The maximum Gasteiger partial charge on any atom is 1.00 e. The van der Waals surface area contributed by atoms with Crippen molar-refractivity contribution in [2.24, 2.45) is 28.3 Å². The summed E-state index contributed by atoms with van der Waals surface area (Å²) in [6.07, 6.45) is 9.47. The molecule has 0 aromatic heterocycles. The minimum atomic E-state index is -3.68. The SMILES string of the molecule is Cc1ccc(S(=O)(=O)[N-]/N=C/C23CC4CC(CC(C4)C2)C3)cc1.[Li+]. The van der Waals surface area contributed by atoms with E-state index in [4.69, 9.17) is 0 Å². The van der Waals surface area contributed by atoms with E-state index < -0.39 is 10.0 Å². The molecule has 0 aliphatic heterocycles. The fraction of sp³-hybridized carbons (Fsp3) is 0.611. The molecule has 0 N–H and O–H groups in total. The zero-order chi connectivity index (χ0) is 16.1. The number of hydrogen-bond donors (Lipinski definition) is 0. The van der Waals surface area contributed by atoms with Crippen molar-refractivity contribution in [2.45, 2.75) is 50.3 Å². The Kier molecular flexibility index (Phi) is 4.90. The number of nitrogens with zero attached hydrogens (tertiary/aromatic N) is 2. The molecule has 4 fully saturated rings. The van der Waals surface area contributed by atoms with Crippen LogP contribution in [-0.4, -0.2) is 14.6 Å². The molecule has 124 valence electrons. The molecule has 0 unspecified atom stereocenters. The summed E-state index contributed by atoms with van der Waals surface area (Å²) in [4.78, 5) is 3.89. The van der Waals surface area contributed by atoms with Gasteiger partial charge in [0.05, 0.1) is 4.90 Å². The first kappa shape index (κ1) is 18.0. The number of rotatable bonds is 4. The van der Waals surface area contributed by atoms with Gasteiger partial charge in [0.15, 0.2) is 0 Å². The molecule has 4 nitrogen and oxygen atoms in total. The van der Waals surface area contributed by atoms with Crippen LogP contribution in [0.3, 0.4) is 0 Å². The number of sulfonamides is 1. The molecular formula is C18H23LiN2O2S. The molecule has 0 amide bonds. The summed E-state index contributed by atoms with van der Waals surface area (Å²) in [6.45, 7) is 1.93. The van der Waals surface area contributed by atoms with Crippen molar-refractivity contribution in [3.05, 3.63) is 34.7 Å². The van der Waals surface area contributed by atoms with Crippen LogP contribution >= 0.6 is 0 Å². The Morgan fingerprint density at radius 2 is 1.54 bits per heavy atom. The summed E-state index contributed by atoms with van der Waals surface area (Å²) in [5, 5.41) is 4.04. The van der Waals surface area contributed by atoms with Gasteiger partial charge in [0.2, 0.25) is 0 Å². The van der Waals surface area contributed by atoms with Gasteiger partial charge in [-0.15, -0.1) is 0 Å². The van der Waals surface area contributed by atoms with Crippen molar-refractivity contribution < 1.29 is 27.3 Å². The molecule has 24 heavy (non-hydrogen) atoms. The van der Waals surface area contributed by atoms with Gasteiger partial charge in [0, 0.05) is 5.41 Å². The quantitative estimate of drug-likeness (QED) is 0.471. The van der Waals surface area contributed by atoms with E-state index in [9.17, 15) is 8.42 Å². The van der Waals surface area contributed by atoms with Gasteiger partial charge in [0.25, 0.3) is 0 Å². The van der Waals surface area contributed by atoms with Gasteiger partial charge in [-0.1, -0.05) is 17.7 Å². The van der Waals surface area contributed by atoms with E-state index in [2.05, 4.69) is 9.93 Å². The topological polar surface area (TPSA) is 60.6 Å². The molecule has 6 heteroatoms. The Morgan fingerprint density at radius 1 is 1.04 bits per heavy atom. The normalized spacial score (nSPS) is 34.3. The summed E-state index contributed by atoms with van der Waals surface area (Å²) in [5.74, 6) is 2.46. The van der Waals surface area contributed by atoms with Crippen molar-refractivity contribution in [3.8, 4) is 0 Å². The molecule has 5 rings (SSSR count). The first-order valence-corrected chi connectivity index (χ1v) is 9.96. The van der Waals surface area contributed by atoms with E-state index >= 15 is 0 Å². The number of benzene rings is 1. The van der Waals surface area contributed by atoms with Crippen LogP contribution in [0.25, 0.3) is 4.83 Å². The number of hydrogen-bond acceptors (Lipinski definition) is 3. The third-order valence-corrected chi connectivity index (χ3v) is 7.07. The van der Waals surface area contributed by atoms with Crippen LogP contribution in [0.2, 0.25) is 0 Å². The summed E-state index contributed by atoms with van der Waals surface area (Å²) >= 11 is 0. The maximum absolute atomic E-state index is 12.2. The molecule has 0 saturated heterocycles. The summed E-state index contributed by atoms with van der Waals surface area (Å²) in [6, 6.07) is 6.75. The molecule has 0 spiro atoms. The summed E-state index contributed by atoms with van der Waals surface area (Å²) < 4.78 is 24.5. The second-order valence-corrected chi connectivity index (χ2v) is 9.48. The summed E-state index contributed by atoms with van der Waals surface area (Å²) in [5.41, 5.74) is 1.14. The van der Waals surface area contributed by atoms with Gasteiger partial charge < -0.3 is 9.93 Å². The van der Waals surface area contributed by atoms with E-state index in [-0.39, 0.29) is 29.2 Å². The molecule has 0 radical (unpaired) electrons. The Bertz CT molecular complexity index is 693. The molecular weight excluding hydrogens is 315 g/mol. The molecule has 1 aromatic rings. The van der Waals surface area contributed by atoms with E-state index in [1.54, 1.807) is 24.3 Å². The van der Waals surface area contributed by atoms with E-state index in [0.717, 1.165) is 23.3 Å². The first-order valence-electron chi connectivity index (χ1n) is 8.52. The Hall–Kier alpha value is -0.763. The van der Waals surface area contributed by atoms with E-state index in [1.165, 1.54) is 38.5 Å². The second kappa shape index (κ2) is 6.51. The van der Waals surface area contributed by atoms with E-state index in [1.807, 2.05) is 13.1 Å². The first-order chi connectivity index (χ1) is 10.9. The Morgan fingerprint density at radius 3 is 2.04 bits per heavy atom. The zero-order valence-corrected chi connectivity index (χ0v) is 15.3. The standard InChI is InChI=1S/C18H23N2O2S.Li/c1-13-2-4-17(5-3-13)23(21,22)20-19-12-18-9-14-6-15(10-18)8-16(7-14)11-18;/h2-5,12,14-16H,6-11H2,1H3;/q-1;+1/b19-12+;. The van der Waals surface area contributed by atoms with Gasteiger partial charge in [-0.25, -0.2) is 8.42 Å². The van der Waals surface area contributed by atoms with E-state index in [0.29, 0.717) is 0 Å². The van der Waals surface area contributed by atoms with Gasteiger partial charge in [-0.05, 0) is 81.5 Å². The minimum absolute atomic E-state index is 0. The fourth-order valence-corrected chi connectivity index (χ4v) is 6.05. The smallest absolute Gasteiger partial charge is 0.491 e. The monoisotopic (exact) mass is 338 g/mol. The molecule has 4 bridgehead atoms. The molecule has 4 aliphatic carbocycles. The van der Waals surface area contributed by atoms with Crippen LogP contribution in [0, 0.1) is 30.1 Å². The third kappa shape index (κ3) is 3.45. The van der Waals surface area contributed by atoms with Crippen molar-refractivity contribution in [3.63, 3.8) is 0 Å². The Labute approximate surface area is 156 Å². The number of aryl methyl sites for hydroxylation is 1. The Balaban J connectivity index is 0.00000169. The maximum atomic E-state index is 12.2. The average Bonchev–Trinajstić information content (AvgIpc) is 2.45. The molecule has 0 heterocycles. The average molecular weight is 338 g/mol.